The molecular weight excluding hydrogens is 272 g/mol. The van der Waals surface area contributed by atoms with E-state index in [-0.39, 0.29) is 0 Å². The van der Waals surface area contributed by atoms with Crippen molar-refractivity contribution in [3.8, 4) is 11.6 Å². The predicted octanol–water partition coefficient (Wildman–Crippen LogP) is 4.20. The number of halogens is 1. The number of aromatic nitrogens is 1. The highest BCUT2D eigenvalue weighted by Crippen LogP contribution is 2.27. The van der Waals surface area contributed by atoms with Gasteiger partial charge in [0.25, 0.3) is 0 Å². The highest BCUT2D eigenvalue weighted by Gasteiger charge is 2.07. The Hall–Kier alpha value is -1.58. The maximum absolute atomic E-state index is 6.12. The summed E-state index contributed by atoms with van der Waals surface area (Å²) in [4.78, 5) is 4.31. The fourth-order valence-corrected chi connectivity index (χ4v) is 2.16. The summed E-state index contributed by atoms with van der Waals surface area (Å²) >= 11 is 6.12. The van der Waals surface area contributed by atoms with Gasteiger partial charge in [-0.25, -0.2) is 4.98 Å². The molecule has 2 aromatic rings. The van der Waals surface area contributed by atoms with Gasteiger partial charge >= 0.3 is 0 Å². The fourth-order valence-electron chi connectivity index (χ4n) is 1.91. The topological polar surface area (TPSA) is 34.2 Å². The largest absolute Gasteiger partial charge is 0.439 e. The van der Waals surface area contributed by atoms with Crippen molar-refractivity contribution in [2.75, 3.05) is 6.54 Å². The second-order valence-electron chi connectivity index (χ2n) is 4.46. The monoisotopic (exact) mass is 290 g/mol. The first-order valence-corrected chi connectivity index (χ1v) is 7.23. The molecule has 0 saturated carbocycles. The summed E-state index contributed by atoms with van der Waals surface area (Å²) in [5.41, 5.74) is 2.12. The molecule has 106 valence electrons. The van der Waals surface area contributed by atoms with Crippen molar-refractivity contribution in [1.82, 2.24) is 10.3 Å². The zero-order valence-electron chi connectivity index (χ0n) is 11.8. The van der Waals surface area contributed by atoms with Crippen LogP contribution in [-0.2, 0) is 13.0 Å². The van der Waals surface area contributed by atoms with E-state index in [1.807, 2.05) is 30.3 Å². The molecule has 4 heteroatoms. The molecule has 1 heterocycles. The van der Waals surface area contributed by atoms with Crippen LogP contribution >= 0.6 is 11.6 Å². The lowest BCUT2D eigenvalue weighted by Gasteiger charge is -2.11. The van der Waals surface area contributed by atoms with E-state index in [4.69, 9.17) is 16.3 Å². The molecule has 0 fully saturated rings. The van der Waals surface area contributed by atoms with Crippen molar-refractivity contribution >= 4 is 11.6 Å². The number of rotatable bonds is 6. The molecule has 0 bridgehead atoms. The molecule has 1 aromatic heterocycles. The molecule has 1 aromatic carbocycles. The van der Waals surface area contributed by atoms with Gasteiger partial charge in [-0.05, 0) is 42.8 Å². The molecule has 1 N–H and O–H groups in total. The molecular formula is C16H19ClN2O. The van der Waals surface area contributed by atoms with Gasteiger partial charge in [0, 0.05) is 23.3 Å². The molecule has 0 aliphatic heterocycles. The summed E-state index contributed by atoms with van der Waals surface area (Å²) in [6.07, 6.45) is 2.62. The first-order chi connectivity index (χ1) is 9.74. The summed E-state index contributed by atoms with van der Waals surface area (Å²) in [6.45, 7) is 5.80. The zero-order valence-corrected chi connectivity index (χ0v) is 12.6. The second kappa shape index (κ2) is 7.27. The molecule has 0 radical (unpaired) electrons. The minimum Gasteiger partial charge on any atom is -0.439 e. The fraction of sp³-hybridized carbons (Fsp3) is 0.312. The van der Waals surface area contributed by atoms with Crippen LogP contribution in [0.4, 0.5) is 0 Å². The summed E-state index contributed by atoms with van der Waals surface area (Å²) < 4.78 is 5.89. The van der Waals surface area contributed by atoms with Gasteiger partial charge < -0.3 is 10.1 Å². The van der Waals surface area contributed by atoms with Crippen molar-refractivity contribution in [1.29, 1.82) is 0 Å². The Balaban J connectivity index is 2.21. The van der Waals surface area contributed by atoms with Crippen LogP contribution < -0.4 is 10.1 Å². The summed E-state index contributed by atoms with van der Waals surface area (Å²) in [6, 6.07) is 9.63. The average Bonchev–Trinajstić information content (AvgIpc) is 2.48. The van der Waals surface area contributed by atoms with E-state index in [0.29, 0.717) is 5.88 Å². The van der Waals surface area contributed by atoms with E-state index in [1.54, 1.807) is 6.20 Å². The number of nitrogens with zero attached hydrogens (tertiary/aromatic N) is 1. The smallest absolute Gasteiger partial charge is 0.223 e. The maximum atomic E-state index is 6.12. The van der Waals surface area contributed by atoms with Crippen LogP contribution in [0.2, 0.25) is 5.02 Å². The van der Waals surface area contributed by atoms with Gasteiger partial charge in [-0.3, -0.25) is 0 Å². The van der Waals surface area contributed by atoms with Crippen molar-refractivity contribution < 1.29 is 4.74 Å². The van der Waals surface area contributed by atoms with Gasteiger partial charge in [0.15, 0.2) is 0 Å². The molecule has 2 rings (SSSR count). The Labute approximate surface area is 124 Å². The van der Waals surface area contributed by atoms with Crippen LogP contribution in [0.3, 0.4) is 0 Å². The average molecular weight is 291 g/mol. The van der Waals surface area contributed by atoms with Gasteiger partial charge in [-0.15, -0.1) is 0 Å². The lowest BCUT2D eigenvalue weighted by molar-refractivity contribution is 0.453. The maximum Gasteiger partial charge on any atom is 0.223 e. The Morgan fingerprint density at radius 2 is 2.05 bits per heavy atom. The van der Waals surface area contributed by atoms with E-state index in [2.05, 4.69) is 24.1 Å². The third-order valence-corrected chi connectivity index (χ3v) is 3.40. The minimum atomic E-state index is 0.637. The van der Waals surface area contributed by atoms with Gasteiger partial charge in [-0.2, -0.15) is 0 Å². The third kappa shape index (κ3) is 3.71. The first-order valence-electron chi connectivity index (χ1n) is 6.85. The second-order valence-corrected chi connectivity index (χ2v) is 4.86. The van der Waals surface area contributed by atoms with Gasteiger partial charge in [0.2, 0.25) is 5.88 Å². The molecule has 3 nitrogen and oxygen atoms in total. The van der Waals surface area contributed by atoms with Crippen molar-refractivity contribution in [3.63, 3.8) is 0 Å². The Morgan fingerprint density at radius 1 is 1.20 bits per heavy atom. The standard InChI is InChI=1S/C16H19ClN2O/c1-3-12-10-14(7-8-15(12)17)20-16-13(11-18-4-2)6-5-9-19-16/h5-10,18H,3-4,11H2,1-2H3. The van der Waals surface area contributed by atoms with E-state index in [9.17, 15) is 0 Å². The Morgan fingerprint density at radius 3 is 2.80 bits per heavy atom. The van der Waals surface area contributed by atoms with E-state index in [1.165, 1.54) is 0 Å². The molecule has 0 unspecified atom stereocenters. The van der Waals surface area contributed by atoms with Crippen molar-refractivity contribution in [2.45, 2.75) is 26.8 Å². The third-order valence-electron chi connectivity index (χ3n) is 3.03. The molecule has 20 heavy (non-hydrogen) atoms. The lowest BCUT2D eigenvalue weighted by atomic mass is 10.1. The number of benzene rings is 1. The van der Waals surface area contributed by atoms with Crippen LogP contribution in [-0.4, -0.2) is 11.5 Å². The molecule has 0 aliphatic rings. The van der Waals surface area contributed by atoms with E-state index >= 15 is 0 Å². The van der Waals surface area contributed by atoms with Gasteiger partial charge in [0.1, 0.15) is 5.75 Å². The van der Waals surface area contributed by atoms with Crippen LogP contribution in [0.25, 0.3) is 0 Å². The Kier molecular flexibility index (Phi) is 5.39. The quantitative estimate of drug-likeness (QED) is 0.866. The summed E-state index contributed by atoms with van der Waals surface area (Å²) in [5, 5.41) is 4.05. The number of ether oxygens (including phenoxy) is 1. The number of hydrogen-bond acceptors (Lipinski definition) is 3. The molecule has 0 aliphatic carbocycles. The molecule has 0 saturated heterocycles. The van der Waals surface area contributed by atoms with Crippen molar-refractivity contribution in [3.05, 3.63) is 52.7 Å². The van der Waals surface area contributed by atoms with Crippen LogP contribution in [0.5, 0.6) is 11.6 Å². The van der Waals surface area contributed by atoms with Gasteiger partial charge in [0.05, 0.1) is 0 Å². The summed E-state index contributed by atoms with van der Waals surface area (Å²) in [7, 11) is 0. The molecule has 0 amide bonds. The molecule has 0 spiro atoms. The highest BCUT2D eigenvalue weighted by molar-refractivity contribution is 6.31. The van der Waals surface area contributed by atoms with Crippen LogP contribution in [0, 0.1) is 0 Å². The van der Waals surface area contributed by atoms with Crippen LogP contribution in [0.15, 0.2) is 36.5 Å². The summed E-state index contributed by atoms with van der Waals surface area (Å²) in [5.74, 6) is 1.40. The number of hydrogen-bond donors (Lipinski definition) is 1. The number of aryl methyl sites for hydroxylation is 1. The number of pyridine rings is 1. The lowest BCUT2D eigenvalue weighted by Crippen LogP contribution is -2.12. The highest BCUT2D eigenvalue weighted by atomic mass is 35.5. The first kappa shape index (κ1) is 14.8. The predicted molar refractivity (Wildman–Crippen MR) is 82.5 cm³/mol. The SMILES string of the molecule is CCNCc1cccnc1Oc1ccc(Cl)c(CC)c1. The normalized spacial score (nSPS) is 10.6. The molecule has 0 atom stereocenters. The zero-order chi connectivity index (χ0) is 14.4. The van der Waals surface area contributed by atoms with Gasteiger partial charge in [-0.1, -0.05) is 31.5 Å². The van der Waals surface area contributed by atoms with Crippen LogP contribution in [0.1, 0.15) is 25.0 Å². The van der Waals surface area contributed by atoms with Crippen molar-refractivity contribution in [2.24, 2.45) is 0 Å². The number of nitrogens with one attached hydrogen (secondary N) is 1. The van der Waals surface area contributed by atoms with E-state index in [0.717, 1.165) is 41.4 Å². The Bertz CT molecular complexity index is 572. The van der Waals surface area contributed by atoms with E-state index < -0.39 is 0 Å². The minimum absolute atomic E-state index is 0.637.